The van der Waals surface area contributed by atoms with Crippen LogP contribution in [0.1, 0.15) is 42.3 Å². The number of rotatable bonds is 5. The highest BCUT2D eigenvalue weighted by molar-refractivity contribution is 5.97. The molecule has 5 heteroatoms. The maximum atomic E-state index is 12.2. The van der Waals surface area contributed by atoms with Gasteiger partial charge in [-0.25, -0.2) is 0 Å². The first kappa shape index (κ1) is 20.5. The summed E-state index contributed by atoms with van der Waals surface area (Å²) in [5.41, 5.74) is 4.51. The van der Waals surface area contributed by atoms with Gasteiger partial charge in [0.1, 0.15) is 5.75 Å². The second-order valence-electron chi connectivity index (χ2n) is 6.70. The Morgan fingerprint density at radius 1 is 1.22 bits per heavy atom. The average Bonchev–Trinajstić information content (AvgIpc) is 2.60. The maximum absolute atomic E-state index is 12.2. The van der Waals surface area contributed by atoms with E-state index >= 15 is 0 Å². The Morgan fingerprint density at radius 2 is 2.00 bits per heavy atom. The first-order valence-corrected chi connectivity index (χ1v) is 8.83. The van der Waals surface area contributed by atoms with E-state index in [2.05, 4.69) is 23.3 Å². The van der Waals surface area contributed by atoms with E-state index in [1.54, 1.807) is 18.2 Å². The number of carbonyl (C=O) groups excluding carboxylic acids is 2. The van der Waals surface area contributed by atoms with E-state index in [9.17, 15) is 9.59 Å². The van der Waals surface area contributed by atoms with Crippen LogP contribution in [0.4, 0.5) is 11.4 Å². The van der Waals surface area contributed by atoms with Gasteiger partial charge in [-0.3, -0.25) is 9.59 Å². The Labute approximate surface area is 161 Å². The van der Waals surface area contributed by atoms with Crippen LogP contribution in [0, 0.1) is 6.92 Å². The zero-order valence-corrected chi connectivity index (χ0v) is 15.5. The first-order valence-electron chi connectivity index (χ1n) is 8.83. The molecule has 1 amide bonds. The number of hydrogen-bond donors (Lipinski definition) is 1. The van der Waals surface area contributed by atoms with Gasteiger partial charge in [-0.05, 0) is 62.6 Å². The van der Waals surface area contributed by atoms with Gasteiger partial charge in [0.2, 0.25) is 0 Å². The third-order valence-corrected chi connectivity index (χ3v) is 4.69. The van der Waals surface area contributed by atoms with Crippen LogP contribution in [0.25, 0.3) is 0 Å². The van der Waals surface area contributed by atoms with Gasteiger partial charge in [0.25, 0.3) is 5.91 Å². The van der Waals surface area contributed by atoms with Crippen molar-refractivity contribution in [3.8, 4) is 5.75 Å². The van der Waals surface area contributed by atoms with Crippen molar-refractivity contribution in [1.29, 1.82) is 0 Å². The molecule has 27 heavy (non-hydrogen) atoms. The largest absolute Gasteiger partial charge is 0.483 e. The number of amides is 1. The predicted octanol–water partition coefficient (Wildman–Crippen LogP) is 4.23. The van der Waals surface area contributed by atoms with Crippen molar-refractivity contribution in [3.63, 3.8) is 0 Å². The summed E-state index contributed by atoms with van der Waals surface area (Å²) in [6, 6.07) is 11.2. The molecule has 0 unspecified atom stereocenters. The SMILES string of the molecule is C.CC(=O)c1ccc(NC(=O)COc2cccc3c2CCCN3C)cc1C. The summed E-state index contributed by atoms with van der Waals surface area (Å²) in [5, 5.41) is 2.82. The monoisotopic (exact) mass is 368 g/mol. The number of ether oxygens (including phenoxy) is 1. The molecule has 1 aliphatic rings. The van der Waals surface area contributed by atoms with Crippen molar-refractivity contribution in [1.82, 2.24) is 0 Å². The van der Waals surface area contributed by atoms with Gasteiger partial charge >= 0.3 is 0 Å². The Balaban J connectivity index is 0.00000261. The minimum atomic E-state index is -0.221. The highest BCUT2D eigenvalue weighted by Gasteiger charge is 2.18. The lowest BCUT2D eigenvalue weighted by Crippen LogP contribution is -2.26. The van der Waals surface area contributed by atoms with E-state index in [1.807, 2.05) is 19.1 Å². The van der Waals surface area contributed by atoms with Gasteiger partial charge in [-0.1, -0.05) is 13.5 Å². The Hall–Kier alpha value is -2.82. The molecular weight excluding hydrogens is 340 g/mol. The third-order valence-electron chi connectivity index (χ3n) is 4.69. The van der Waals surface area contributed by atoms with Gasteiger partial charge < -0.3 is 15.0 Å². The molecule has 0 bridgehead atoms. The molecule has 0 saturated carbocycles. The van der Waals surface area contributed by atoms with Crippen molar-refractivity contribution in [2.45, 2.75) is 34.1 Å². The maximum Gasteiger partial charge on any atom is 0.262 e. The second-order valence-corrected chi connectivity index (χ2v) is 6.70. The molecule has 0 aliphatic carbocycles. The van der Waals surface area contributed by atoms with Gasteiger partial charge in [0, 0.05) is 36.1 Å². The number of fused-ring (bicyclic) bond motifs is 1. The molecule has 0 atom stereocenters. The molecule has 1 N–H and O–H groups in total. The van der Waals surface area contributed by atoms with Crippen LogP contribution in [-0.4, -0.2) is 31.9 Å². The van der Waals surface area contributed by atoms with Crippen molar-refractivity contribution < 1.29 is 14.3 Å². The molecular formula is C22H28N2O3. The molecule has 0 fully saturated rings. The summed E-state index contributed by atoms with van der Waals surface area (Å²) in [7, 11) is 2.07. The number of hydrogen-bond acceptors (Lipinski definition) is 4. The molecule has 2 aromatic rings. The molecule has 3 rings (SSSR count). The fraction of sp³-hybridized carbons (Fsp3) is 0.364. The Bertz CT molecular complexity index is 845. The summed E-state index contributed by atoms with van der Waals surface area (Å²) in [6.45, 7) is 4.38. The summed E-state index contributed by atoms with van der Waals surface area (Å²) in [4.78, 5) is 25.9. The fourth-order valence-electron chi connectivity index (χ4n) is 3.39. The van der Waals surface area contributed by atoms with Crippen molar-refractivity contribution in [2.75, 3.05) is 30.4 Å². The lowest BCUT2D eigenvalue weighted by atomic mass is 10.0. The molecule has 0 radical (unpaired) electrons. The number of anilines is 2. The van der Waals surface area contributed by atoms with Crippen LogP contribution >= 0.6 is 0 Å². The molecule has 5 nitrogen and oxygen atoms in total. The summed E-state index contributed by atoms with van der Waals surface area (Å²) < 4.78 is 5.79. The number of nitrogens with zero attached hydrogens (tertiary/aromatic N) is 1. The summed E-state index contributed by atoms with van der Waals surface area (Å²) in [6.07, 6.45) is 2.04. The first-order chi connectivity index (χ1) is 12.5. The van der Waals surface area contributed by atoms with E-state index in [-0.39, 0.29) is 25.7 Å². The highest BCUT2D eigenvalue weighted by atomic mass is 16.5. The average molecular weight is 368 g/mol. The van der Waals surface area contributed by atoms with Gasteiger partial charge in [0.15, 0.2) is 12.4 Å². The topological polar surface area (TPSA) is 58.6 Å². The Kier molecular flexibility index (Phi) is 6.61. The molecule has 2 aromatic carbocycles. The van der Waals surface area contributed by atoms with Crippen LogP contribution < -0.4 is 15.0 Å². The quantitative estimate of drug-likeness (QED) is 0.802. The number of benzene rings is 2. The fourth-order valence-corrected chi connectivity index (χ4v) is 3.39. The van der Waals surface area contributed by atoms with Crippen LogP contribution in [-0.2, 0) is 11.2 Å². The summed E-state index contributed by atoms with van der Waals surface area (Å²) in [5.74, 6) is 0.566. The van der Waals surface area contributed by atoms with Crippen molar-refractivity contribution in [2.24, 2.45) is 0 Å². The molecule has 1 aliphatic heterocycles. The third kappa shape index (κ3) is 4.67. The standard InChI is InChI=1S/C21H24N2O3.CH4/c1-14-12-16(9-10-17(14)15(2)24)22-21(25)13-26-20-8-4-7-19-18(20)6-5-11-23(19)3;/h4,7-10,12H,5-6,11,13H2,1-3H3,(H,22,25);1H4. The van der Waals surface area contributed by atoms with Crippen molar-refractivity contribution in [3.05, 3.63) is 53.1 Å². The lowest BCUT2D eigenvalue weighted by molar-refractivity contribution is -0.118. The van der Waals surface area contributed by atoms with Crippen molar-refractivity contribution >= 4 is 23.1 Å². The van der Waals surface area contributed by atoms with Crippen LogP contribution in [0.3, 0.4) is 0 Å². The molecule has 1 heterocycles. The number of aryl methyl sites for hydroxylation is 1. The molecule has 144 valence electrons. The van der Waals surface area contributed by atoms with E-state index in [0.29, 0.717) is 11.3 Å². The number of ketones is 1. The van der Waals surface area contributed by atoms with Gasteiger partial charge in [0.05, 0.1) is 0 Å². The van der Waals surface area contributed by atoms with E-state index in [0.717, 1.165) is 36.3 Å². The predicted molar refractivity (Wildman–Crippen MR) is 110 cm³/mol. The van der Waals surface area contributed by atoms with Crippen LogP contribution in [0.5, 0.6) is 5.75 Å². The van der Waals surface area contributed by atoms with E-state index in [1.165, 1.54) is 12.6 Å². The normalized spacial score (nSPS) is 12.6. The minimum Gasteiger partial charge on any atom is -0.483 e. The van der Waals surface area contributed by atoms with Gasteiger partial charge in [-0.2, -0.15) is 0 Å². The van der Waals surface area contributed by atoms with Gasteiger partial charge in [-0.15, -0.1) is 0 Å². The molecule has 0 saturated heterocycles. The number of carbonyl (C=O) groups is 2. The van der Waals surface area contributed by atoms with Crippen LogP contribution in [0.2, 0.25) is 0 Å². The summed E-state index contributed by atoms with van der Waals surface area (Å²) >= 11 is 0. The minimum absolute atomic E-state index is 0. The number of Topliss-reactive ketones (excluding diaryl/α,β-unsaturated/α-hetero) is 1. The zero-order chi connectivity index (χ0) is 18.7. The lowest BCUT2D eigenvalue weighted by Gasteiger charge is -2.28. The smallest absolute Gasteiger partial charge is 0.262 e. The second kappa shape index (κ2) is 8.71. The zero-order valence-electron chi connectivity index (χ0n) is 15.5. The van der Waals surface area contributed by atoms with E-state index < -0.39 is 0 Å². The van der Waals surface area contributed by atoms with Crippen LogP contribution in [0.15, 0.2) is 36.4 Å². The molecule has 0 aromatic heterocycles. The number of nitrogens with one attached hydrogen (secondary N) is 1. The Morgan fingerprint density at radius 3 is 2.70 bits per heavy atom. The highest BCUT2D eigenvalue weighted by Crippen LogP contribution is 2.33. The van der Waals surface area contributed by atoms with E-state index in [4.69, 9.17) is 4.74 Å². The molecule has 0 spiro atoms.